The number of nitrogens with one attached hydrogen (secondary N) is 1. The number of likely N-dealkylation sites (tertiary alicyclic amines) is 1. The summed E-state index contributed by atoms with van der Waals surface area (Å²) in [6, 6.07) is 8.22. The van der Waals surface area contributed by atoms with Crippen LogP contribution in [0.2, 0.25) is 5.02 Å². The molecule has 8 heteroatoms. The maximum absolute atomic E-state index is 13.1. The van der Waals surface area contributed by atoms with Crippen LogP contribution in [0.3, 0.4) is 0 Å². The van der Waals surface area contributed by atoms with Crippen LogP contribution in [-0.2, 0) is 22.5 Å². The second-order valence-corrected chi connectivity index (χ2v) is 7.86. The summed E-state index contributed by atoms with van der Waals surface area (Å²) in [7, 11) is 0. The van der Waals surface area contributed by atoms with Gasteiger partial charge in [0.25, 0.3) is 0 Å². The number of hydrogen-bond acceptors (Lipinski definition) is 5. The summed E-state index contributed by atoms with van der Waals surface area (Å²) < 4.78 is 7.23. The fourth-order valence-corrected chi connectivity index (χ4v) is 4.08. The third-order valence-electron chi connectivity index (χ3n) is 5.47. The Morgan fingerprint density at radius 2 is 2.15 bits per heavy atom. The molecule has 1 aromatic heterocycles. The summed E-state index contributed by atoms with van der Waals surface area (Å²) in [4.78, 5) is 15.4. The average molecular weight is 390 g/mol. The molecule has 2 aliphatic heterocycles. The number of halogens is 1. The summed E-state index contributed by atoms with van der Waals surface area (Å²) in [5.41, 5.74) is 0.729. The minimum atomic E-state index is -0.404. The van der Waals surface area contributed by atoms with Crippen molar-refractivity contribution in [3.05, 3.63) is 47.2 Å². The Labute approximate surface area is 163 Å². The molecule has 1 amide bonds. The number of benzene rings is 1. The molecular weight excluding hydrogens is 366 g/mol. The number of amides is 1. The summed E-state index contributed by atoms with van der Waals surface area (Å²) in [6.07, 6.45) is 5.19. The van der Waals surface area contributed by atoms with Crippen LogP contribution in [0.25, 0.3) is 0 Å². The molecule has 0 radical (unpaired) electrons. The highest BCUT2D eigenvalue weighted by Crippen LogP contribution is 2.37. The largest absolute Gasteiger partial charge is 0.380 e. The van der Waals surface area contributed by atoms with Gasteiger partial charge in [0.1, 0.15) is 0 Å². The normalized spacial score (nSPS) is 21.7. The van der Waals surface area contributed by atoms with Crippen molar-refractivity contribution < 1.29 is 9.53 Å². The van der Waals surface area contributed by atoms with Gasteiger partial charge in [0.2, 0.25) is 5.91 Å². The summed E-state index contributed by atoms with van der Waals surface area (Å²) in [6.45, 7) is 4.26. The zero-order chi connectivity index (χ0) is 18.7. The zero-order valence-corrected chi connectivity index (χ0v) is 15.9. The molecular formula is C19H24ClN5O2. The Morgan fingerprint density at radius 3 is 2.81 bits per heavy atom. The van der Waals surface area contributed by atoms with E-state index in [0.29, 0.717) is 30.6 Å². The van der Waals surface area contributed by atoms with Gasteiger partial charge in [-0.1, -0.05) is 28.9 Å². The number of carbonyl (C=O) groups is 1. The van der Waals surface area contributed by atoms with E-state index in [-0.39, 0.29) is 5.91 Å². The highest BCUT2D eigenvalue weighted by atomic mass is 35.5. The van der Waals surface area contributed by atoms with Crippen LogP contribution >= 0.6 is 11.6 Å². The lowest BCUT2D eigenvalue weighted by Crippen LogP contribution is -2.66. The van der Waals surface area contributed by atoms with Crippen LogP contribution < -0.4 is 5.32 Å². The van der Waals surface area contributed by atoms with Gasteiger partial charge in [-0.15, -0.1) is 5.10 Å². The molecule has 27 heavy (non-hydrogen) atoms. The van der Waals surface area contributed by atoms with Crippen LogP contribution in [0.4, 0.5) is 0 Å². The molecule has 4 rings (SSSR count). The predicted molar refractivity (Wildman–Crippen MR) is 101 cm³/mol. The standard InChI is InChI=1S/C19H24ClN5O2/c20-16-3-1-15(2-4-16)11-19(13-24(14-19)17-5-10-27-12-17)18(26)21-6-8-25-9-7-22-23-25/h1-4,7,9,17H,5-6,8,10-14H2,(H,21,26). The smallest absolute Gasteiger partial charge is 0.229 e. The molecule has 1 unspecified atom stereocenters. The monoisotopic (exact) mass is 389 g/mol. The van der Waals surface area contributed by atoms with Crippen molar-refractivity contribution in [2.45, 2.75) is 25.4 Å². The molecule has 0 aliphatic carbocycles. The molecule has 1 aromatic carbocycles. The van der Waals surface area contributed by atoms with Gasteiger partial charge in [-0.3, -0.25) is 14.4 Å². The fourth-order valence-electron chi connectivity index (χ4n) is 3.95. The van der Waals surface area contributed by atoms with Crippen LogP contribution in [-0.4, -0.2) is 64.7 Å². The fraction of sp³-hybridized carbons (Fsp3) is 0.526. The van der Waals surface area contributed by atoms with Crippen LogP contribution in [0.1, 0.15) is 12.0 Å². The van der Waals surface area contributed by atoms with Crippen molar-refractivity contribution in [2.75, 3.05) is 32.8 Å². The van der Waals surface area contributed by atoms with Crippen LogP contribution in [0.5, 0.6) is 0 Å². The predicted octanol–water partition coefficient (Wildman–Crippen LogP) is 1.38. The van der Waals surface area contributed by atoms with E-state index in [2.05, 4.69) is 20.5 Å². The molecule has 2 aliphatic rings. The SMILES string of the molecule is O=C(NCCn1ccnn1)C1(Cc2ccc(Cl)cc2)CN(C2CCOC2)C1. The van der Waals surface area contributed by atoms with Gasteiger partial charge in [-0.25, -0.2) is 0 Å². The second kappa shape index (κ2) is 7.96. The summed E-state index contributed by atoms with van der Waals surface area (Å²) >= 11 is 6.01. The van der Waals surface area contributed by atoms with Crippen molar-refractivity contribution >= 4 is 17.5 Å². The van der Waals surface area contributed by atoms with E-state index in [9.17, 15) is 4.79 Å². The van der Waals surface area contributed by atoms with Crippen molar-refractivity contribution in [3.63, 3.8) is 0 Å². The van der Waals surface area contributed by atoms with Gasteiger partial charge in [-0.05, 0) is 30.5 Å². The van der Waals surface area contributed by atoms with E-state index in [1.807, 2.05) is 24.3 Å². The number of hydrogen-bond donors (Lipinski definition) is 1. The lowest BCUT2D eigenvalue weighted by atomic mass is 9.73. The van der Waals surface area contributed by atoms with Gasteiger partial charge in [-0.2, -0.15) is 0 Å². The first-order chi connectivity index (χ1) is 13.1. The molecule has 0 saturated carbocycles. The first-order valence-corrected chi connectivity index (χ1v) is 9.71. The van der Waals surface area contributed by atoms with Crippen LogP contribution in [0, 0.1) is 5.41 Å². The van der Waals surface area contributed by atoms with E-state index in [1.54, 1.807) is 17.1 Å². The quantitative estimate of drug-likeness (QED) is 0.774. The topological polar surface area (TPSA) is 72.3 Å². The molecule has 2 saturated heterocycles. The Bertz CT molecular complexity index is 753. The van der Waals surface area contributed by atoms with Crippen molar-refractivity contribution in [3.8, 4) is 0 Å². The number of ether oxygens (including phenoxy) is 1. The molecule has 0 bridgehead atoms. The van der Waals surface area contributed by atoms with E-state index >= 15 is 0 Å². The van der Waals surface area contributed by atoms with Gasteiger partial charge < -0.3 is 10.1 Å². The first-order valence-electron chi connectivity index (χ1n) is 9.33. The lowest BCUT2D eigenvalue weighted by Gasteiger charge is -2.51. The van der Waals surface area contributed by atoms with Crippen molar-refractivity contribution in [1.82, 2.24) is 25.2 Å². The van der Waals surface area contributed by atoms with Gasteiger partial charge in [0.15, 0.2) is 0 Å². The van der Waals surface area contributed by atoms with Crippen molar-refractivity contribution in [1.29, 1.82) is 0 Å². The van der Waals surface area contributed by atoms with Gasteiger partial charge in [0, 0.05) is 43.5 Å². The minimum Gasteiger partial charge on any atom is -0.380 e. The first kappa shape index (κ1) is 18.4. The van der Waals surface area contributed by atoms with Gasteiger partial charge >= 0.3 is 0 Å². The van der Waals surface area contributed by atoms with Crippen molar-refractivity contribution in [2.24, 2.45) is 5.41 Å². The second-order valence-electron chi connectivity index (χ2n) is 7.43. The molecule has 7 nitrogen and oxygen atoms in total. The highest BCUT2D eigenvalue weighted by Gasteiger charge is 2.51. The van der Waals surface area contributed by atoms with E-state index in [4.69, 9.17) is 16.3 Å². The van der Waals surface area contributed by atoms with Crippen LogP contribution in [0.15, 0.2) is 36.7 Å². The Morgan fingerprint density at radius 1 is 1.33 bits per heavy atom. The third-order valence-corrected chi connectivity index (χ3v) is 5.72. The summed E-state index contributed by atoms with van der Waals surface area (Å²) in [5.74, 6) is 0.104. The van der Waals surface area contributed by atoms with Gasteiger partial charge in [0.05, 0.1) is 24.8 Å². The van der Waals surface area contributed by atoms with E-state index in [1.165, 1.54) is 0 Å². The number of aromatic nitrogens is 3. The Hall–Kier alpha value is -1.96. The highest BCUT2D eigenvalue weighted by molar-refractivity contribution is 6.30. The third kappa shape index (κ3) is 4.15. The number of rotatable bonds is 7. The maximum atomic E-state index is 13.1. The molecule has 1 atom stereocenters. The maximum Gasteiger partial charge on any atom is 0.229 e. The Kier molecular flexibility index (Phi) is 5.43. The molecule has 2 aromatic rings. The molecule has 3 heterocycles. The summed E-state index contributed by atoms with van der Waals surface area (Å²) in [5, 5.41) is 11.5. The molecule has 0 spiro atoms. The van der Waals surface area contributed by atoms with E-state index in [0.717, 1.165) is 38.3 Å². The average Bonchev–Trinajstić information content (AvgIpc) is 3.33. The molecule has 2 fully saturated rings. The van der Waals surface area contributed by atoms with E-state index < -0.39 is 5.41 Å². The zero-order valence-electron chi connectivity index (χ0n) is 15.2. The number of carbonyl (C=O) groups excluding carboxylic acids is 1. The lowest BCUT2D eigenvalue weighted by molar-refractivity contribution is -0.144. The Balaban J connectivity index is 1.40. The minimum absolute atomic E-state index is 0.104. The number of nitrogens with zero attached hydrogens (tertiary/aromatic N) is 4. The molecule has 1 N–H and O–H groups in total. The molecule has 144 valence electrons.